The number of imidazole rings is 1. The number of nitrogens with two attached hydrogens (primary N) is 1. The smallest absolute Gasteiger partial charge is 0.153 e. The number of hydrogen-bond acceptors (Lipinski definition) is 4. The summed E-state index contributed by atoms with van der Waals surface area (Å²) in [6.45, 7) is 10.5. The second-order valence-corrected chi connectivity index (χ2v) is 5.64. The van der Waals surface area contributed by atoms with Crippen LogP contribution < -0.4 is 10.6 Å². The maximum Gasteiger partial charge on any atom is 0.153 e. The Morgan fingerprint density at radius 1 is 1.35 bits per heavy atom. The fraction of sp³-hybridized carbons (Fsp3) is 0.222. The molecule has 0 amide bonds. The minimum absolute atomic E-state index is 0.164. The highest BCUT2D eigenvalue weighted by Gasteiger charge is 2.23. The predicted octanol–water partition coefficient (Wildman–Crippen LogP) is 3.10. The first-order chi connectivity index (χ1) is 11.1. The third kappa shape index (κ3) is 2.83. The minimum atomic E-state index is 0.164. The van der Waals surface area contributed by atoms with E-state index in [9.17, 15) is 0 Å². The highest BCUT2D eigenvalue weighted by Crippen LogP contribution is 2.29. The van der Waals surface area contributed by atoms with Crippen molar-refractivity contribution < 1.29 is 0 Å². The highest BCUT2D eigenvalue weighted by molar-refractivity contribution is 5.66. The average Bonchev–Trinajstić information content (AvgIpc) is 3.10. The van der Waals surface area contributed by atoms with E-state index in [1.807, 2.05) is 25.3 Å². The Bertz CT molecular complexity index is 754. The largest absolute Gasteiger partial charge is 0.344 e. The van der Waals surface area contributed by atoms with Gasteiger partial charge in [-0.15, -0.1) is 0 Å². The molecule has 1 aliphatic rings. The van der Waals surface area contributed by atoms with Crippen LogP contribution in [0.25, 0.3) is 17.3 Å². The van der Waals surface area contributed by atoms with Gasteiger partial charge in [-0.1, -0.05) is 24.8 Å². The molecule has 5 nitrogen and oxygen atoms in total. The normalized spacial score (nSPS) is 18.1. The van der Waals surface area contributed by atoms with E-state index in [2.05, 4.69) is 52.5 Å². The highest BCUT2D eigenvalue weighted by atomic mass is 15.4. The SMILES string of the molecule is C=Nn1c(-c2ccc(N3CC(N)CC3=C)cc2)cnc1/C=C\C. The molecule has 2 N–H and O–H groups in total. The molecule has 0 saturated carbocycles. The number of rotatable bonds is 4. The number of nitrogens with zero attached hydrogens (tertiary/aromatic N) is 4. The van der Waals surface area contributed by atoms with E-state index in [1.54, 1.807) is 4.68 Å². The number of aromatic nitrogens is 2. The first-order valence-corrected chi connectivity index (χ1v) is 7.63. The molecule has 118 valence electrons. The molecular formula is C18H21N5. The maximum atomic E-state index is 6.00. The molecule has 0 aliphatic carbocycles. The molecule has 0 radical (unpaired) electrons. The van der Waals surface area contributed by atoms with Crippen LogP contribution in [0, 0.1) is 0 Å². The van der Waals surface area contributed by atoms with Crippen molar-refractivity contribution in [3.8, 4) is 11.3 Å². The van der Waals surface area contributed by atoms with Crippen LogP contribution in [0.15, 0.2) is 53.9 Å². The summed E-state index contributed by atoms with van der Waals surface area (Å²) in [5.41, 5.74) is 10.1. The Kier molecular flexibility index (Phi) is 4.12. The fourth-order valence-corrected chi connectivity index (χ4v) is 2.91. The summed E-state index contributed by atoms with van der Waals surface area (Å²) >= 11 is 0. The summed E-state index contributed by atoms with van der Waals surface area (Å²) in [4.78, 5) is 6.55. The topological polar surface area (TPSA) is 59.4 Å². The molecule has 0 spiro atoms. The molecule has 0 bridgehead atoms. The molecule has 1 atom stereocenters. The lowest BCUT2D eigenvalue weighted by atomic mass is 10.1. The van der Waals surface area contributed by atoms with Gasteiger partial charge in [-0.2, -0.15) is 5.10 Å². The van der Waals surface area contributed by atoms with Gasteiger partial charge in [0.05, 0.1) is 11.9 Å². The van der Waals surface area contributed by atoms with Gasteiger partial charge in [0.2, 0.25) is 0 Å². The Hall–Kier alpha value is -2.66. The van der Waals surface area contributed by atoms with Crippen molar-refractivity contribution >= 4 is 18.5 Å². The standard InChI is InChI=1S/C18H21N5/c1-4-5-18-21-11-17(23(18)20-3)14-6-8-16(9-7-14)22-12-15(19)10-13(22)2/h4-9,11,15H,2-3,10,12,19H2,1H3/b5-4-. The zero-order chi connectivity index (χ0) is 16.4. The van der Waals surface area contributed by atoms with Gasteiger partial charge in [0.1, 0.15) is 0 Å². The van der Waals surface area contributed by atoms with Gasteiger partial charge in [0.15, 0.2) is 5.82 Å². The summed E-state index contributed by atoms with van der Waals surface area (Å²) < 4.78 is 1.74. The van der Waals surface area contributed by atoms with Crippen LogP contribution in [0.3, 0.4) is 0 Å². The van der Waals surface area contributed by atoms with Gasteiger partial charge in [0.25, 0.3) is 0 Å². The molecule has 2 aromatic rings. The van der Waals surface area contributed by atoms with Crippen LogP contribution in [0.1, 0.15) is 19.2 Å². The molecule has 1 saturated heterocycles. The monoisotopic (exact) mass is 307 g/mol. The lowest BCUT2D eigenvalue weighted by Gasteiger charge is -2.19. The minimum Gasteiger partial charge on any atom is -0.344 e. The first kappa shape index (κ1) is 15.2. The van der Waals surface area contributed by atoms with Crippen LogP contribution in [0.4, 0.5) is 5.69 Å². The zero-order valence-corrected chi connectivity index (χ0v) is 13.3. The molecule has 1 fully saturated rings. The van der Waals surface area contributed by atoms with Gasteiger partial charge in [-0.3, -0.25) is 0 Å². The third-order valence-electron chi connectivity index (χ3n) is 3.99. The molecular weight excluding hydrogens is 286 g/mol. The Balaban J connectivity index is 1.91. The van der Waals surface area contributed by atoms with Crippen molar-refractivity contribution in [3.05, 3.63) is 54.6 Å². The summed E-state index contributed by atoms with van der Waals surface area (Å²) in [6.07, 6.45) is 6.49. The lowest BCUT2D eigenvalue weighted by molar-refractivity contribution is 0.760. The Morgan fingerprint density at radius 3 is 2.65 bits per heavy atom. The second-order valence-electron chi connectivity index (χ2n) is 5.64. The van der Waals surface area contributed by atoms with Crippen molar-refractivity contribution in [3.63, 3.8) is 0 Å². The molecule has 2 heterocycles. The Morgan fingerprint density at radius 2 is 2.09 bits per heavy atom. The molecule has 1 aliphatic heterocycles. The van der Waals surface area contributed by atoms with Crippen molar-refractivity contribution in [2.24, 2.45) is 10.8 Å². The number of benzene rings is 1. The van der Waals surface area contributed by atoms with Crippen molar-refractivity contribution in [2.45, 2.75) is 19.4 Å². The van der Waals surface area contributed by atoms with Gasteiger partial charge in [-0.05, 0) is 25.1 Å². The van der Waals surface area contributed by atoms with Crippen LogP contribution in [0.5, 0.6) is 0 Å². The van der Waals surface area contributed by atoms with E-state index >= 15 is 0 Å². The molecule has 1 unspecified atom stereocenters. The summed E-state index contributed by atoms with van der Waals surface area (Å²) in [5.74, 6) is 0.764. The van der Waals surface area contributed by atoms with Gasteiger partial charge < -0.3 is 10.6 Å². The molecule has 23 heavy (non-hydrogen) atoms. The van der Waals surface area contributed by atoms with Crippen molar-refractivity contribution in [1.82, 2.24) is 9.66 Å². The number of hydrogen-bond donors (Lipinski definition) is 1. The third-order valence-corrected chi connectivity index (χ3v) is 3.99. The van der Waals surface area contributed by atoms with E-state index < -0.39 is 0 Å². The first-order valence-electron chi connectivity index (χ1n) is 7.63. The maximum absolute atomic E-state index is 6.00. The molecule has 3 rings (SSSR count). The quantitative estimate of drug-likeness (QED) is 0.883. The fourth-order valence-electron chi connectivity index (χ4n) is 2.91. The Labute approximate surface area is 136 Å². The van der Waals surface area contributed by atoms with Gasteiger partial charge in [-0.25, -0.2) is 9.66 Å². The zero-order valence-electron chi connectivity index (χ0n) is 13.3. The predicted molar refractivity (Wildman–Crippen MR) is 96.4 cm³/mol. The summed E-state index contributed by atoms with van der Waals surface area (Å²) in [6, 6.07) is 8.44. The van der Waals surface area contributed by atoms with Crippen LogP contribution in [0.2, 0.25) is 0 Å². The van der Waals surface area contributed by atoms with E-state index in [1.165, 1.54) is 0 Å². The molecule has 1 aromatic heterocycles. The van der Waals surface area contributed by atoms with Crippen LogP contribution >= 0.6 is 0 Å². The second kappa shape index (κ2) is 6.22. The number of anilines is 1. The van der Waals surface area contributed by atoms with E-state index in [-0.39, 0.29) is 6.04 Å². The van der Waals surface area contributed by atoms with E-state index in [0.29, 0.717) is 0 Å². The molecule has 1 aromatic carbocycles. The van der Waals surface area contributed by atoms with Gasteiger partial charge in [0, 0.05) is 42.7 Å². The van der Waals surface area contributed by atoms with Crippen molar-refractivity contribution in [2.75, 3.05) is 11.4 Å². The van der Waals surface area contributed by atoms with Crippen LogP contribution in [-0.2, 0) is 0 Å². The number of allylic oxidation sites excluding steroid dienone is 1. The average molecular weight is 307 g/mol. The van der Waals surface area contributed by atoms with Crippen LogP contribution in [-0.4, -0.2) is 29.0 Å². The van der Waals surface area contributed by atoms with E-state index in [4.69, 9.17) is 5.73 Å². The lowest BCUT2D eigenvalue weighted by Crippen LogP contribution is -2.25. The summed E-state index contributed by atoms with van der Waals surface area (Å²) in [7, 11) is 0. The van der Waals surface area contributed by atoms with Crippen molar-refractivity contribution in [1.29, 1.82) is 0 Å². The summed E-state index contributed by atoms with van der Waals surface area (Å²) in [5, 5.41) is 4.06. The molecule has 5 heteroatoms. The van der Waals surface area contributed by atoms with Gasteiger partial charge >= 0.3 is 0 Å². The van der Waals surface area contributed by atoms with E-state index in [0.717, 1.165) is 41.4 Å².